The first-order valence-electron chi connectivity index (χ1n) is 7.57. The summed E-state index contributed by atoms with van der Waals surface area (Å²) in [7, 11) is 0. The molecule has 2 aliphatic heterocycles. The van der Waals surface area contributed by atoms with Gasteiger partial charge < -0.3 is 10.2 Å². The van der Waals surface area contributed by atoms with Gasteiger partial charge in [-0.15, -0.1) is 0 Å². The van der Waals surface area contributed by atoms with Crippen LogP contribution in [-0.2, 0) is 0 Å². The molecule has 17 heavy (non-hydrogen) atoms. The van der Waals surface area contributed by atoms with Gasteiger partial charge in [0, 0.05) is 25.7 Å². The van der Waals surface area contributed by atoms with Crippen LogP contribution >= 0.6 is 0 Å². The largest absolute Gasteiger partial charge is 0.317 e. The highest BCUT2D eigenvalue weighted by Gasteiger charge is 2.28. The Labute approximate surface area is 107 Å². The Morgan fingerprint density at radius 1 is 1.12 bits per heavy atom. The second kappa shape index (κ2) is 7.34. The lowest BCUT2D eigenvalue weighted by molar-refractivity contribution is 0.0487. The molecule has 2 fully saturated rings. The molecule has 1 atom stereocenters. The number of hydrogen-bond acceptors (Lipinski definition) is 3. The van der Waals surface area contributed by atoms with Crippen molar-refractivity contribution in [1.82, 2.24) is 15.1 Å². The zero-order valence-corrected chi connectivity index (χ0v) is 11.5. The van der Waals surface area contributed by atoms with Gasteiger partial charge in [0.1, 0.15) is 0 Å². The SMILES string of the molecule is CCNCCCCN1CCN2CCCCC2C1. The summed E-state index contributed by atoms with van der Waals surface area (Å²) in [5, 5.41) is 3.40. The highest BCUT2D eigenvalue weighted by Crippen LogP contribution is 2.21. The van der Waals surface area contributed by atoms with Crippen molar-refractivity contribution in [3.05, 3.63) is 0 Å². The summed E-state index contributed by atoms with van der Waals surface area (Å²) in [6.45, 7) is 11.1. The number of rotatable bonds is 6. The molecule has 0 aliphatic carbocycles. The maximum atomic E-state index is 3.40. The van der Waals surface area contributed by atoms with E-state index in [1.165, 1.54) is 71.4 Å². The van der Waals surface area contributed by atoms with Crippen LogP contribution in [0.4, 0.5) is 0 Å². The molecule has 2 aliphatic rings. The zero-order valence-electron chi connectivity index (χ0n) is 11.5. The first-order chi connectivity index (χ1) is 8.40. The topological polar surface area (TPSA) is 18.5 Å². The second-order valence-corrected chi connectivity index (χ2v) is 5.55. The number of piperazine rings is 1. The van der Waals surface area contributed by atoms with Crippen molar-refractivity contribution in [1.29, 1.82) is 0 Å². The van der Waals surface area contributed by atoms with E-state index in [4.69, 9.17) is 0 Å². The van der Waals surface area contributed by atoms with Gasteiger partial charge in [0.15, 0.2) is 0 Å². The quantitative estimate of drug-likeness (QED) is 0.710. The van der Waals surface area contributed by atoms with Crippen LogP contribution in [0.2, 0.25) is 0 Å². The fraction of sp³-hybridized carbons (Fsp3) is 1.00. The van der Waals surface area contributed by atoms with Crippen LogP contribution in [0.25, 0.3) is 0 Å². The lowest BCUT2D eigenvalue weighted by Gasteiger charge is -2.44. The third-order valence-corrected chi connectivity index (χ3v) is 4.25. The molecule has 2 heterocycles. The van der Waals surface area contributed by atoms with Crippen molar-refractivity contribution in [2.45, 2.75) is 45.1 Å². The number of fused-ring (bicyclic) bond motifs is 1. The standard InChI is InChI=1S/C14H29N3/c1-2-15-8-4-6-9-16-11-12-17-10-5-3-7-14(17)13-16/h14-15H,2-13H2,1H3. The first-order valence-corrected chi connectivity index (χ1v) is 7.57. The summed E-state index contributed by atoms with van der Waals surface area (Å²) in [4.78, 5) is 5.41. The molecule has 1 N–H and O–H groups in total. The zero-order chi connectivity index (χ0) is 11.9. The average Bonchev–Trinajstić information content (AvgIpc) is 2.38. The number of nitrogens with one attached hydrogen (secondary N) is 1. The van der Waals surface area contributed by atoms with Crippen LogP contribution in [0.1, 0.15) is 39.0 Å². The van der Waals surface area contributed by atoms with E-state index in [0.29, 0.717) is 0 Å². The van der Waals surface area contributed by atoms with Crippen molar-refractivity contribution >= 4 is 0 Å². The fourth-order valence-corrected chi connectivity index (χ4v) is 3.19. The van der Waals surface area contributed by atoms with Gasteiger partial charge in [-0.2, -0.15) is 0 Å². The Balaban J connectivity index is 1.59. The number of hydrogen-bond donors (Lipinski definition) is 1. The molecule has 2 saturated heterocycles. The molecule has 0 aromatic heterocycles. The number of unbranched alkanes of at least 4 members (excludes halogenated alkanes) is 1. The van der Waals surface area contributed by atoms with E-state index < -0.39 is 0 Å². The molecule has 100 valence electrons. The minimum absolute atomic E-state index is 0.881. The third kappa shape index (κ3) is 4.23. The van der Waals surface area contributed by atoms with Crippen molar-refractivity contribution in [2.75, 3.05) is 45.8 Å². The Morgan fingerprint density at radius 2 is 2.06 bits per heavy atom. The molecule has 0 bridgehead atoms. The van der Waals surface area contributed by atoms with Crippen LogP contribution in [0.5, 0.6) is 0 Å². The van der Waals surface area contributed by atoms with Gasteiger partial charge in [-0.05, 0) is 51.9 Å². The summed E-state index contributed by atoms with van der Waals surface area (Å²) < 4.78 is 0. The minimum atomic E-state index is 0.881. The van der Waals surface area contributed by atoms with E-state index in [9.17, 15) is 0 Å². The Hall–Kier alpha value is -0.120. The highest BCUT2D eigenvalue weighted by molar-refractivity contribution is 4.84. The highest BCUT2D eigenvalue weighted by atomic mass is 15.3. The third-order valence-electron chi connectivity index (χ3n) is 4.25. The van der Waals surface area contributed by atoms with Crippen molar-refractivity contribution in [3.8, 4) is 0 Å². The predicted molar refractivity (Wildman–Crippen MR) is 73.4 cm³/mol. The molecule has 3 heteroatoms. The van der Waals surface area contributed by atoms with Gasteiger partial charge in [0.05, 0.1) is 0 Å². The van der Waals surface area contributed by atoms with E-state index in [-0.39, 0.29) is 0 Å². The van der Waals surface area contributed by atoms with Crippen LogP contribution in [-0.4, -0.2) is 61.7 Å². The summed E-state index contributed by atoms with van der Waals surface area (Å²) in [6, 6.07) is 0.881. The molecule has 2 rings (SSSR count). The Bertz CT molecular complexity index is 208. The summed E-state index contributed by atoms with van der Waals surface area (Å²) >= 11 is 0. The van der Waals surface area contributed by atoms with Gasteiger partial charge in [-0.3, -0.25) is 4.90 Å². The van der Waals surface area contributed by atoms with E-state index >= 15 is 0 Å². The van der Waals surface area contributed by atoms with Gasteiger partial charge in [0.2, 0.25) is 0 Å². The molecule has 0 aromatic rings. The minimum Gasteiger partial charge on any atom is -0.317 e. The lowest BCUT2D eigenvalue weighted by Crippen LogP contribution is -2.54. The first kappa shape index (κ1) is 13.3. The van der Waals surface area contributed by atoms with E-state index in [1.807, 2.05) is 0 Å². The summed E-state index contributed by atoms with van der Waals surface area (Å²) in [6.07, 6.45) is 7.01. The predicted octanol–water partition coefficient (Wildman–Crippen LogP) is 1.55. The molecular weight excluding hydrogens is 210 g/mol. The van der Waals surface area contributed by atoms with Gasteiger partial charge in [-0.1, -0.05) is 13.3 Å². The Kier molecular flexibility index (Phi) is 5.75. The van der Waals surface area contributed by atoms with Gasteiger partial charge >= 0.3 is 0 Å². The molecule has 0 radical (unpaired) electrons. The van der Waals surface area contributed by atoms with Crippen molar-refractivity contribution < 1.29 is 0 Å². The van der Waals surface area contributed by atoms with Crippen LogP contribution in [0, 0.1) is 0 Å². The lowest BCUT2D eigenvalue weighted by atomic mass is 9.99. The number of piperidine rings is 1. The molecule has 0 aromatic carbocycles. The van der Waals surface area contributed by atoms with Crippen molar-refractivity contribution in [2.24, 2.45) is 0 Å². The van der Waals surface area contributed by atoms with E-state index in [2.05, 4.69) is 22.0 Å². The van der Waals surface area contributed by atoms with Crippen molar-refractivity contribution in [3.63, 3.8) is 0 Å². The van der Waals surface area contributed by atoms with E-state index in [1.54, 1.807) is 0 Å². The molecule has 3 nitrogen and oxygen atoms in total. The maximum absolute atomic E-state index is 3.40. The molecule has 1 unspecified atom stereocenters. The molecule has 0 amide bonds. The van der Waals surface area contributed by atoms with Gasteiger partial charge in [0.25, 0.3) is 0 Å². The summed E-state index contributed by atoms with van der Waals surface area (Å²) in [5.41, 5.74) is 0. The molecule has 0 spiro atoms. The smallest absolute Gasteiger partial charge is 0.0223 e. The number of nitrogens with zero attached hydrogens (tertiary/aromatic N) is 2. The average molecular weight is 239 g/mol. The summed E-state index contributed by atoms with van der Waals surface area (Å²) in [5.74, 6) is 0. The van der Waals surface area contributed by atoms with Crippen LogP contribution in [0.3, 0.4) is 0 Å². The fourth-order valence-electron chi connectivity index (χ4n) is 3.19. The van der Waals surface area contributed by atoms with Crippen LogP contribution in [0.15, 0.2) is 0 Å². The Morgan fingerprint density at radius 3 is 2.94 bits per heavy atom. The maximum Gasteiger partial charge on any atom is 0.0223 e. The normalized spacial score (nSPS) is 27.0. The molecule has 0 saturated carbocycles. The molecular formula is C14H29N3. The monoisotopic (exact) mass is 239 g/mol. The second-order valence-electron chi connectivity index (χ2n) is 5.55. The van der Waals surface area contributed by atoms with Crippen LogP contribution < -0.4 is 5.32 Å². The van der Waals surface area contributed by atoms with Gasteiger partial charge in [-0.25, -0.2) is 0 Å². The van der Waals surface area contributed by atoms with E-state index in [0.717, 1.165) is 12.6 Å².